The highest BCUT2D eigenvalue weighted by Gasteiger charge is 2.20. The molecule has 0 spiro atoms. The largest absolute Gasteiger partial charge is 0.496 e. The molecule has 5 nitrogen and oxygen atoms in total. The first-order valence-corrected chi connectivity index (χ1v) is 8.50. The monoisotopic (exact) mass is 349 g/mol. The number of amides is 1. The van der Waals surface area contributed by atoms with Crippen LogP contribution >= 0.6 is 0 Å². The first-order chi connectivity index (χ1) is 12.5. The Morgan fingerprint density at radius 1 is 1.15 bits per heavy atom. The van der Waals surface area contributed by atoms with Gasteiger partial charge in [0.15, 0.2) is 0 Å². The Balaban J connectivity index is 1.80. The van der Waals surface area contributed by atoms with Crippen LogP contribution in [0.3, 0.4) is 0 Å². The number of ether oxygens (including phenoxy) is 1. The zero-order valence-corrected chi connectivity index (χ0v) is 15.5. The maximum Gasteiger partial charge on any atom is 0.257 e. The Labute approximate surface area is 153 Å². The van der Waals surface area contributed by atoms with Crippen molar-refractivity contribution in [3.8, 4) is 16.9 Å². The molecular formula is C21H23N3O2. The van der Waals surface area contributed by atoms with E-state index in [0.29, 0.717) is 5.56 Å². The highest BCUT2D eigenvalue weighted by Crippen LogP contribution is 2.31. The van der Waals surface area contributed by atoms with Crippen LogP contribution in [0.2, 0.25) is 0 Å². The Morgan fingerprint density at radius 3 is 2.46 bits per heavy atom. The number of hydrogen-bond donors (Lipinski definition) is 0. The molecule has 0 radical (unpaired) electrons. The van der Waals surface area contributed by atoms with Crippen LogP contribution < -0.4 is 4.74 Å². The molecule has 0 aliphatic rings. The van der Waals surface area contributed by atoms with Gasteiger partial charge >= 0.3 is 0 Å². The minimum absolute atomic E-state index is 0.0422. The summed E-state index contributed by atoms with van der Waals surface area (Å²) < 4.78 is 7.07. The number of benzene rings is 2. The number of methoxy groups -OCH3 is 1. The number of para-hydroxylation sites is 1. The fourth-order valence-electron chi connectivity index (χ4n) is 2.96. The van der Waals surface area contributed by atoms with Crippen LogP contribution in [0.15, 0.2) is 60.9 Å². The molecule has 26 heavy (non-hydrogen) atoms. The van der Waals surface area contributed by atoms with Crippen LogP contribution in [-0.4, -0.2) is 34.7 Å². The topological polar surface area (TPSA) is 47.4 Å². The molecule has 0 aliphatic carbocycles. The summed E-state index contributed by atoms with van der Waals surface area (Å²) in [4.78, 5) is 14.3. The second kappa shape index (κ2) is 7.44. The Bertz CT molecular complexity index is 900. The lowest BCUT2D eigenvalue weighted by molar-refractivity contribution is 0.0742. The molecule has 3 aromatic rings. The molecule has 1 amide bonds. The van der Waals surface area contributed by atoms with Gasteiger partial charge in [0.25, 0.3) is 5.91 Å². The van der Waals surface area contributed by atoms with Crippen molar-refractivity contribution in [3.05, 3.63) is 72.1 Å². The summed E-state index contributed by atoms with van der Waals surface area (Å²) in [6.45, 7) is 2.02. The lowest BCUT2D eigenvalue weighted by Gasteiger charge is -2.25. The van der Waals surface area contributed by atoms with Gasteiger partial charge in [0.05, 0.1) is 24.9 Å². The van der Waals surface area contributed by atoms with Gasteiger partial charge in [-0.1, -0.05) is 42.5 Å². The summed E-state index contributed by atoms with van der Waals surface area (Å²) in [6, 6.07) is 16.1. The number of rotatable bonds is 5. The van der Waals surface area contributed by atoms with Gasteiger partial charge in [0.2, 0.25) is 0 Å². The maximum atomic E-state index is 12.6. The minimum atomic E-state index is -0.0468. The van der Waals surface area contributed by atoms with Crippen molar-refractivity contribution in [2.24, 2.45) is 7.05 Å². The van der Waals surface area contributed by atoms with E-state index < -0.39 is 0 Å². The van der Waals surface area contributed by atoms with Crippen molar-refractivity contribution in [1.82, 2.24) is 14.7 Å². The molecule has 0 saturated carbocycles. The highest BCUT2D eigenvalue weighted by molar-refractivity contribution is 5.93. The van der Waals surface area contributed by atoms with E-state index in [-0.39, 0.29) is 11.9 Å². The van der Waals surface area contributed by atoms with Gasteiger partial charge in [-0.3, -0.25) is 9.48 Å². The summed E-state index contributed by atoms with van der Waals surface area (Å²) in [5, 5.41) is 4.07. The van der Waals surface area contributed by atoms with Gasteiger partial charge in [-0.05, 0) is 24.1 Å². The second-order valence-electron chi connectivity index (χ2n) is 6.32. The summed E-state index contributed by atoms with van der Waals surface area (Å²) >= 11 is 0. The van der Waals surface area contributed by atoms with Gasteiger partial charge in [0, 0.05) is 25.9 Å². The predicted molar refractivity (Wildman–Crippen MR) is 102 cm³/mol. The van der Waals surface area contributed by atoms with E-state index in [1.54, 1.807) is 36.1 Å². The molecule has 0 aliphatic heterocycles. The number of carbonyl (C=O) groups is 1. The third-order valence-electron chi connectivity index (χ3n) is 4.66. The van der Waals surface area contributed by atoms with E-state index in [9.17, 15) is 4.79 Å². The molecule has 3 rings (SSSR count). The molecule has 2 aromatic carbocycles. The maximum absolute atomic E-state index is 12.6. The standard InChI is InChI=1S/C21H23N3O2/c1-15(24(3)21(25)18-13-22-23(2)14-18)16-9-11-17(12-10-16)19-7-5-6-8-20(19)26-4/h5-15H,1-4H3/t15-/m0/s1. The average Bonchev–Trinajstić information content (AvgIpc) is 3.12. The first-order valence-electron chi connectivity index (χ1n) is 8.50. The molecule has 1 aromatic heterocycles. The summed E-state index contributed by atoms with van der Waals surface area (Å²) in [5.41, 5.74) is 3.80. The lowest BCUT2D eigenvalue weighted by Crippen LogP contribution is -2.29. The fraction of sp³-hybridized carbons (Fsp3) is 0.238. The molecule has 5 heteroatoms. The molecule has 0 unspecified atom stereocenters. The number of nitrogens with zero attached hydrogens (tertiary/aromatic N) is 3. The molecule has 134 valence electrons. The third kappa shape index (κ3) is 3.47. The van der Waals surface area contributed by atoms with Crippen molar-refractivity contribution in [2.75, 3.05) is 14.2 Å². The van der Waals surface area contributed by atoms with Gasteiger partial charge < -0.3 is 9.64 Å². The number of carbonyl (C=O) groups excluding carboxylic acids is 1. The summed E-state index contributed by atoms with van der Waals surface area (Å²) in [6.07, 6.45) is 3.33. The molecule has 1 heterocycles. The van der Waals surface area contributed by atoms with Crippen molar-refractivity contribution < 1.29 is 9.53 Å². The van der Waals surface area contributed by atoms with Gasteiger partial charge in [0.1, 0.15) is 5.75 Å². The fourth-order valence-corrected chi connectivity index (χ4v) is 2.96. The van der Waals surface area contributed by atoms with Gasteiger partial charge in [-0.2, -0.15) is 5.10 Å². The quantitative estimate of drug-likeness (QED) is 0.701. The van der Waals surface area contributed by atoms with Crippen LogP contribution in [-0.2, 0) is 7.05 Å². The Morgan fingerprint density at radius 2 is 1.85 bits per heavy atom. The van der Waals surface area contributed by atoms with Crippen molar-refractivity contribution in [2.45, 2.75) is 13.0 Å². The molecule has 1 atom stereocenters. The van der Waals surface area contributed by atoms with Crippen LogP contribution in [0.4, 0.5) is 0 Å². The van der Waals surface area contributed by atoms with Gasteiger partial charge in [-0.25, -0.2) is 0 Å². The normalized spacial score (nSPS) is 11.8. The van der Waals surface area contributed by atoms with E-state index in [2.05, 4.69) is 29.4 Å². The molecule has 0 bridgehead atoms. The number of hydrogen-bond acceptors (Lipinski definition) is 3. The first kappa shape index (κ1) is 17.7. The van der Waals surface area contributed by atoms with Gasteiger partial charge in [-0.15, -0.1) is 0 Å². The summed E-state index contributed by atoms with van der Waals surface area (Å²) in [7, 11) is 5.29. The predicted octanol–water partition coefficient (Wildman–Crippen LogP) is 3.93. The smallest absolute Gasteiger partial charge is 0.257 e. The molecule has 0 saturated heterocycles. The van der Waals surface area contributed by atoms with Crippen molar-refractivity contribution in [3.63, 3.8) is 0 Å². The van der Waals surface area contributed by atoms with Crippen molar-refractivity contribution >= 4 is 5.91 Å². The van der Waals surface area contributed by atoms with Crippen LogP contribution in [0.25, 0.3) is 11.1 Å². The molecular weight excluding hydrogens is 326 g/mol. The van der Waals surface area contributed by atoms with Crippen LogP contribution in [0.5, 0.6) is 5.75 Å². The second-order valence-corrected chi connectivity index (χ2v) is 6.32. The van der Waals surface area contributed by atoms with E-state index in [1.165, 1.54) is 0 Å². The minimum Gasteiger partial charge on any atom is -0.496 e. The van der Waals surface area contributed by atoms with E-state index in [0.717, 1.165) is 22.4 Å². The number of aryl methyl sites for hydroxylation is 1. The Kier molecular flexibility index (Phi) is 5.07. The van der Waals surface area contributed by atoms with Crippen molar-refractivity contribution in [1.29, 1.82) is 0 Å². The average molecular weight is 349 g/mol. The zero-order valence-electron chi connectivity index (χ0n) is 15.5. The SMILES string of the molecule is COc1ccccc1-c1ccc([C@H](C)N(C)C(=O)c2cnn(C)c2)cc1. The third-order valence-corrected chi connectivity index (χ3v) is 4.66. The van der Waals surface area contributed by atoms with E-state index >= 15 is 0 Å². The van der Waals surface area contributed by atoms with E-state index in [4.69, 9.17) is 4.74 Å². The van der Waals surface area contributed by atoms with Crippen LogP contribution in [0, 0.1) is 0 Å². The lowest BCUT2D eigenvalue weighted by atomic mass is 10.00. The van der Waals surface area contributed by atoms with E-state index in [1.807, 2.05) is 38.2 Å². The molecule has 0 fully saturated rings. The Hall–Kier alpha value is -3.08. The molecule has 0 N–H and O–H groups in total. The highest BCUT2D eigenvalue weighted by atomic mass is 16.5. The number of aromatic nitrogens is 2. The zero-order chi connectivity index (χ0) is 18.7. The van der Waals surface area contributed by atoms with Crippen LogP contribution in [0.1, 0.15) is 28.9 Å². The summed E-state index contributed by atoms with van der Waals surface area (Å²) in [5.74, 6) is 0.802.